The lowest BCUT2D eigenvalue weighted by Crippen LogP contribution is -2.31. The Hall–Kier alpha value is -0.560. The number of rotatable bonds is 2. The highest BCUT2D eigenvalue weighted by atomic mass is 14.7. The lowest BCUT2D eigenvalue weighted by molar-refractivity contribution is 0.534. The molecule has 1 aliphatic carbocycles. The van der Waals surface area contributed by atoms with Gasteiger partial charge in [0.15, 0.2) is 0 Å². The van der Waals surface area contributed by atoms with Crippen LogP contribution in [0.1, 0.15) is 27.2 Å². The van der Waals surface area contributed by atoms with Crippen LogP contribution in [-0.4, -0.2) is 6.04 Å². The van der Waals surface area contributed by atoms with Gasteiger partial charge in [0.2, 0.25) is 0 Å². The van der Waals surface area contributed by atoms with E-state index in [9.17, 15) is 0 Å². The minimum absolute atomic E-state index is 0.248. The summed E-state index contributed by atoms with van der Waals surface area (Å²) in [6.45, 7) is 6.64. The molecule has 2 atom stereocenters. The van der Waals surface area contributed by atoms with E-state index in [0.717, 1.165) is 6.42 Å². The van der Waals surface area contributed by atoms with Crippen LogP contribution in [0.15, 0.2) is 23.8 Å². The fraction of sp³-hybridized carbons (Fsp3) is 0.636. The highest BCUT2D eigenvalue weighted by molar-refractivity contribution is 5.25. The Morgan fingerprint density at radius 2 is 2.17 bits per heavy atom. The molecule has 2 unspecified atom stereocenters. The van der Waals surface area contributed by atoms with Crippen LogP contribution in [0, 0.1) is 11.8 Å². The lowest BCUT2D eigenvalue weighted by atomic mass is 9.86. The van der Waals surface area contributed by atoms with Crippen LogP contribution in [0.25, 0.3) is 0 Å². The van der Waals surface area contributed by atoms with Crippen molar-refractivity contribution in [3.8, 4) is 0 Å². The molecule has 0 aromatic rings. The van der Waals surface area contributed by atoms with Gasteiger partial charge in [-0.1, -0.05) is 44.6 Å². The summed E-state index contributed by atoms with van der Waals surface area (Å²) in [6, 6.07) is 0.248. The van der Waals surface area contributed by atoms with Crippen molar-refractivity contribution in [3.05, 3.63) is 23.8 Å². The van der Waals surface area contributed by atoms with Crippen molar-refractivity contribution in [1.82, 2.24) is 0 Å². The SMILES string of the molecule is CC(C)CC1=CC=CC(C)C1N. The zero-order chi connectivity index (χ0) is 9.14. The van der Waals surface area contributed by atoms with Gasteiger partial charge in [0.1, 0.15) is 0 Å². The first-order chi connectivity index (χ1) is 5.61. The number of allylic oxidation sites excluding steroid dienone is 2. The van der Waals surface area contributed by atoms with Crippen LogP contribution in [0.5, 0.6) is 0 Å². The molecule has 0 saturated heterocycles. The van der Waals surface area contributed by atoms with E-state index in [1.165, 1.54) is 5.57 Å². The quantitative estimate of drug-likeness (QED) is 0.668. The smallest absolute Gasteiger partial charge is 0.0318 e. The molecule has 1 rings (SSSR count). The van der Waals surface area contributed by atoms with E-state index in [1.807, 2.05) is 0 Å². The van der Waals surface area contributed by atoms with Crippen molar-refractivity contribution < 1.29 is 0 Å². The molecule has 68 valence electrons. The summed E-state index contributed by atoms with van der Waals surface area (Å²) in [6.07, 6.45) is 7.61. The Morgan fingerprint density at radius 1 is 1.50 bits per heavy atom. The van der Waals surface area contributed by atoms with Crippen molar-refractivity contribution in [2.24, 2.45) is 17.6 Å². The van der Waals surface area contributed by atoms with Crippen molar-refractivity contribution in [3.63, 3.8) is 0 Å². The zero-order valence-corrected chi connectivity index (χ0v) is 8.25. The predicted molar refractivity (Wildman–Crippen MR) is 53.8 cm³/mol. The molecule has 0 aromatic heterocycles. The minimum atomic E-state index is 0.248. The molecular weight excluding hydrogens is 146 g/mol. The first-order valence-electron chi connectivity index (χ1n) is 4.74. The Balaban J connectivity index is 2.63. The van der Waals surface area contributed by atoms with Crippen LogP contribution in [0.3, 0.4) is 0 Å². The molecule has 0 spiro atoms. The van der Waals surface area contributed by atoms with E-state index in [1.54, 1.807) is 0 Å². The van der Waals surface area contributed by atoms with Gasteiger partial charge in [-0.05, 0) is 18.3 Å². The Bertz CT molecular complexity index is 201. The third-order valence-electron chi connectivity index (χ3n) is 2.36. The summed E-state index contributed by atoms with van der Waals surface area (Å²) < 4.78 is 0. The van der Waals surface area contributed by atoms with Gasteiger partial charge in [-0.15, -0.1) is 0 Å². The highest BCUT2D eigenvalue weighted by Crippen LogP contribution is 2.22. The average molecular weight is 165 g/mol. The van der Waals surface area contributed by atoms with Gasteiger partial charge >= 0.3 is 0 Å². The van der Waals surface area contributed by atoms with Crippen LogP contribution in [0.2, 0.25) is 0 Å². The molecule has 1 heteroatoms. The summed E-state index contributed by atoms with van der Waals surface area (Å²) in [5, 5.41) is 0. The van der Waals surface area contributed by atoms with E-state index in [-0.39, 0.29) is 6.04 Å². The van der Waals surface area contributed by atoms with Crippen molar-refractivity contribution >= 4 is 0 Å². The number of nitrogens with two attached hydrogens (primary N) is 1. The van der Waals surface area contributed by atoms with E-state index in [0.29, 0.717) is 11.8 Å². The molecule has 1 nitrogen and oxygen atoms in total. The molecule has 2 N–H and O–H groups in total. The second-order valence-corrected chi connectivity index (χ2v) is 4.11. The van der Waals surface area contributed by atoms with Gasteiger partial charge in [-0.25, -0.2) is 0 Å². The van der Waals surface area contributed by atoms with Crippen LogP contribution in [-0.2, 0) is 0 Å². The number of hydrogen-bond acceptors (Lipinski definition) is 1. The maximum Gasteiger partial charge on any atom is 0.0318 e. The molecule has 12 heavy (non-hydrogen) atoms. The lowest BCUT2D eigenvalue weighted by Gasteiger charge is -2.24. The molecular formula is C11H19N. The molecule has 0 heterocycles. The van der Waals surface area contributed by atoms with Crippen molar-refractivity contribution in [2.45, 2.75) is 33.2 Å². The maximum absolute atomic E-state index is 6.05. The standard InChI is InChI=1S/C11H19N/c1-8(2)7-10-6-4-5-9(3)11(10)12/h4-6,8-9,11H,7,12H2,1-3H3. The molecule has 0 saturated carbocycles. The normalized spacial score (nSPS) is 29.2. The van der Waals surface area contributed by atoms with Crippen molar-refractivity contribution in [1.29, 1.82) is 0 Å². The van der Waals surface area contributed by atoms with E-state index in [2.05, 4.69) is 39.0 Å². The fourth-order valence-corrected chi connectivity index (χ4v) is 1.60. The summed E-state index contributed by atoms with van der Waals surface area (Å²) >= 11 is 0. The summed E-state index contributed by atoms with van der Waals surface area (Å²) in [7, 11) is 0. The third-order valence-corrected chi connectivity index (χ3v) is 2.36. The molecule has 0 aromatic carbocycles. The predicted octanol–water partition coefficient (Wildman–Crippen LogP) is 2.49. The summed E-state index contributed by atoms with van der Waals surface area (Å²) in [5.41, 5.74) is 7.45. The second-order valence-electron chi connectivity index (χ2n) is 4.11. The Morgan fingerprint density at radius 3 is 2.75 bits per heavy atom. The van der Waals surface area contributed by atoms with Gasteiger partial charge < -0.3 is 5.73 Å². The average Bonchev–Trinajstić information content (AvgIpc) is 1.98. The molecule has 0 aliphatic heterocycles. The van der Waals surface area contributed by atoms with Crippen LogP contribution >= 0.6 is 0 Å². The third kappa shape index (κ3) is 2.21. The van der Waals surface area contributed by atoms with Crippen LogP contribution in [0.4, 0.5) is 0 Å². The van der Waals surface area contributed by atoms with Gasteiger partial charge in [-0.3, -0.25) is 0 Å². The monoisotopic (exact) mass is 165 g/mol. The zero-order valence-electron chi connectivity index (χ0n) is 8.25. The van der Waals surface area contributed by atoms with Gasteiger partial charge in [0.25, 0.3) is 0 Å². The fourth-order valence-electron chi connectivity index (χ4n) is 1.60. The Kier molecular flexibility index (Phi) is 3.10. The number of hydrogen-bond donors (Lipinski definition) is 1. The van der Waals surface area contributed by atoms with Crippen LogP contribution < -0.4 is 5.73 Å². The van der Waals surface area contributed by atoms with E-state index in [4.69, 9.17) is 5.73 Å². The molecule has 0 fully saturated rings. The largest absolute Gasteiger partial charge is 0.324 e. The van der Waals surface area contributed by atoms with Crippen molar-refractivity contribution in [2.75, 3.05) is 0 Å². The van der Waals surface area contributed by atoms with Gasteiger partial charge in [0.05, 0.1) is 0 Å². The van der Waals surface area contributed by atoms with E-state index >= 15 is 0 Å². The molecule has 0 radical (unpaired) electrons. The first-order valence-corrected chi connectivity index (χ1v) is 4.74. The summed E-state index contributed by atoms with van der Waals surface area (Å²) in [4.78, 5) is 0. The topological polar surface area (TPSA) is 26.0 Å². The Labute approximate surface area is 75.3 Å². The first kappa shape index (κ1) is 9.53. The highest BCUT2D eigenvalue weighted by Gasteiger charge is 2.17. The molecule has 0 bridgehead atoms. The molecule has 0 amide bonds. The van der Waals surface area contributed by atoms with Gasteiger partial charge in [-0.2, -0.15) is 0 Å². The second kappa shape index (κ2) is 3.90. The minimum Gasteiger partial charge on any atom is -0.324 e. The molecule has 1 aliphatic rings. The summed E-state index contributed by atoms with van der Waals surface area (Å²) in [5.74, 6) is 1.21. The maximum atomic E-state index is 6.05. The van der Waals surface area contributed by atoms with E-state index < -0.39 is 0 Å². The van der Waals surface area contributed by atoms with Gasteiger partial charge in [0, 0.05) is 6.04 Å².